The normalized spacial score (nSPS) is 15.6. The van der Waals surface area contributed by atoms with Crippen LogP contribution in [0, 0.1) is 11.3 Å². The van der Waals surface area contributed by atoms with E-state index in [9.17, 15) is 9.59 Å². The molecule has 0 unspecified atom stereocenters. The zero-order valence-electron chi connectivity index (χ0n) is 20.2. The van der Waals surface area contributed by atoms with E-state index < -0.39 is 12.6 Å². The summed E-state index contributed by atoms with van der Waals surface area (Å²) in [5, 5.41) is 12.6. The number of aliphatic imine (C=N–C) groups is 1. The van der Waals surface area contributed by atoms with E-state index in [0.717, 1.165) is 36.1 Å². The van der Waals surface area contributed by atoms with Crippen molar-refractivity contribution in [1.29, 1.82) is 0 Å². The first-order chi connectivity index (χ1) is 16.7. The highest BCUT2D eigenvalue weighted by atomic mass is 32.1. The van der Waals surface area contributed by atoms with Gasteiger partial charge < -0.3 is 15.2 Å². The Morgan fingerprint density at radius 1 is 1.17 bits per heavy atom. The number of hydrogen-bond donors (Lipinski definition) is 2. The van der Waals surface area contributed by atoms with E-state index in [-0.39, 0.29) is 11.3 Å². The smallest absolute Gasteiger partial charge is 0.341 e. The minimum Gasteiger partial charge on any atom is -0.482 e. The first kappa shape index (κ1) is 24.7. The maximum absolute atomic E-state index is 13.4. The van der Waals surface area contributed by atoms with Crippen molar-refractivity contribution >= 4 is 40.1 Å². The van der Waals surface area contributed by atoms with Gasteiger partial charge in [0, 0.05) is 16.8 Å². The molecule has 1 heterocycles. The molecule has 1 amide bonds. The molecule has 2 N–H and O–H groups in total. The number of carbonyl (C=O) groups is 2. The lowest BCUT2D eigenvalue weighted by atomic mass is 9.72. The van der Waals surface area contributed by atoms with Crippen molar-refractivity contribution in [2.24, 2.45) is 16.3 Å². The Balaban J connectivity index is 1.65. The second-order valence-corrected chi connectivity index (χ2v) is 10.9. The number of aliphatic carboxylic acids is 1. The number of thiophene rings is 1. The van der Waals surface area contributed by atoms with Gasteiger partial charge in [0.25, 0.3) is 5.91 Å². The average Bonchev–Trinajstić information content (AvgIpc) is 3.19. The molecule has 0 radical (unpaired) electrons. The van der Waals surface area contributed by atoms with Gasteiger partial charge in [-0.05, 0) is 66.0 Å². The number of benzene rings is 2. The summed E-state index contributed by atoms with van der Waals surface area (Å²) in [6, 6.07) is 16.5. The van der Waals surface area contributed by atoms with Crippen molar-refractivity contribution in [3.63, 3.8) is 0 Å². The van der Waals surface area contributed by atoms with Crippen LogP contribution in [0.1, 0.15) is 53.6 Å². The second-order valence-electron chi connectivity index (χ2n) is 9.82. The number of carbonyl (C=O) groups excluding carboxylic acids is 1. The van der Waals surface area contributed by atoms with E-state index in [1.54, 1.807) is 35.8 Å². The van der Waals surface area contributed by atoms with Crippen molar-refractivity contribution < 1.29 is 19.4 Å². The number of anilines is 1. The topological polar surface area (TPSA) is 88.0 Å². The summed E-state index contributed by atoms with van der Waals surface area (Å²) >= 11 is 1.59. The highest BCUT2D eigenvalue weighted by Crippen LogP contribution is 2.45. The van der Waals surface area contributed by atoms with Gasteiger partial charge in [-0.25, -0.2) is 9.79 Å². The lowest BCUT2D eigenvalue weighted by Crippen LogP contribution is -2.27. The van der Waals surface area contributed by atoms with Crippen LogP contribution in [0.15, 0.2) is 59.6 Å². The highest BCUT2D eigenvalue weighted by molar-refractivity contribution is 7.16. The Morgan fingerprint density at radius 3 is 2.66 bits per heavy atom. The van der Waals surface area contributed by atoms with E-state index in [1.165, 1.54) is 4.88 Å². The SMILES string of the molecule is CC(C)(C)[C@@H]1CCc2c(sc(N=Cc3cccc(OCC(=O)O)c3)c2C(=O)Nc2ccccc2)C1. The third-order valence-corrected chi connectivity index (χ3v) is 7.44. The first-order valence-corrected chi connectivity index (χ1v) is 12.5. The lowest BCUT2D eigenvalue weighted by Gasteiger charge is -2.33. The fourth-order valence-electron chi connectivity index (χ4n) is 4.31. The Morgan fingerprint density at radius 2 is 1.94 bits per heavy atom. The number of hydrogen-bond acceptors (Lipinski definition) is 5. The third kappa shape index (κ3) is 6.17. The third-order valence-electron chi connectivity index (χ3n) is 6.28. The molecule has 7 heteroatoms. The molecule has 0 fully saturated rings. The van der Waals surface area contributed by atoms with Gasteiger partial charge in [0.15, 0.2) is 6.61 Å². The first-order valence-electron chi connectivity index (χ1n) is 11.7. The van der Waals surface area contributed by atoms with E-state index >= 15 is 0 Å². The molecule has 1 atom stereocenters. The Bertz CT molecular complexity index is 1240. The van der Waals surface area contributed by atoms with Gasteiger partial charge in [-0.1, -0.05) is 51.1 Å². The van der Waals surface area contributed by atoms with E-state index in [2.05, 4.69) is 26.1 Å². The molecule has 0 aliphatic heterocycles. The van der Waals surface area contributed by atoms with Crippen molar-refractivity contribution in [3.05, 3.63) is 76.2 Å². The Kier molecular flexibility index (Phi) is 7.36. The van der Waals surface area contributed by atoms with Crippen LogP contribution in [0.3, 0.4) is 0 Å². The maximum Gasteiger partial charge on any atom is 0.341 e. The van der Waals surface area contributed by atoms with Crippen LogP contribution >= 0.6 is 11.3 Å². The van der Waals surface area contributed by atoms with E-state index in [4.69, 9.17) is 14.8 Å². The standard InChI is InChI=1S/C28H30N2O4S/c1-28(2,3)19-12-13-22-23(15-19)35-27(25(22)26(33)30-20-9-5-4-6-10-20)29-16-18-8-7-11-21(14-18)34-17-24(31)32/h4-11,14,16,19H,12-13,15,17H2,1-3H3,(H,30,33)(H,31,32)/t19-/m1/s1. The van der Waals surface area contributed by atoms with Crippen LogP contribution in [0.25, 0.3) is 0 Å². The molecule has 1 aromatic heterocycles. The molecule has 2 aromatic carbocycles. The molecule has 0 spiro atoms. The molecule has 3 aromatic rings. The molecule has 6 nitrogen and oxygen atoms in total. The van der Waals surface area contributed by atoms with Gasteiger partial charge in [-0.15, -0.1) is 11.3 Å². The zero-order chi connectivity index (χ0) is 25.0. The number of para-hydroxylation sites is 1. The number of nitrogens with one attached hydrogen (secondary N) is 1. The highest BCUT2D eigenvalue weighted by Gasteiger charge is 2.33. The monoisotopic (exact) mass is 490 g/mol. The average molecular weight is 491 g/mol. The Labute approximate surface area is 209 Å². The molecule has 0 saturated carbocycles. The summed E-state index contributed by atoms with van der Waals surface area (Å²) in [7, 11) is 0. The number of amides is 1. The van der Waals surface area contributed by atoms with Crippen LogP contribution < -0.4 is 10.1 Å². The van der Waals surface area contributed by atoms with Crippen LogP contribution in [0.5, 0.6) is 5.75 Å². The fraction of sp³-hybridized carbons (Fsp3) is 0.321. The summed E-state index contributed by atoms with van der Waals surface area (Å²) < 4.78 is 5.28. The van der Waals surface area contributed by atoms with Gasteiger partial charge in [-0.3, -0.25) is 4.79 Å². The van der Waals surface area contributed by atoms with Gasteiger partial charge >= 0.3 is 5.97 Å². The summed E-state index contributed by atoms with van der Waals surface area (Å²) in [6.45, 7) is 6.42. The summed E-state index contributed by atoms with van der Waals surface area (Å²) in [4.78, 5) is 30.2. The fourth-order valence-corrected chi connectivity index (χ4v) is 5.58. The van der Waals surface area contributed by atoms with Crippen LogP contribution in [-0.4, -0.2) is 29.8 Å². The van der Waals surface area contributed by atoms with Crippen LogP contribution in [-0.2, 0) is 17.6 Å². The number of carboxylic acids is 1. The second kappa shape index (κ2) is 10.4. The summed E-state index contributed by atoms with van der Waals surface area (Å²) in [5.41, 5.74) is 3.47. The zero-order valence-corrected chi connectivity index (χ0v) is 21.0. The molecule has 0 bridgehead atoms. The van der Waals surface area contributed by atoms with Gasteiger partial charge in [-0.2, -0.15) is 0 Å². The molecule has 1 aliphatic carbocycles. The largest absolute Gasteiger partial charge is 0.482 e. The number of fused-ring (bicyclic) bond motifs is 1. The summed E-state index contributed by atoms with van der Waals surface area (Å²) in [6.07, 6.45) is 4.55. The molecule has 35 heavy (non-hydrogen) atoms. The molecule has 182 valence electrons. The number of nitrogens with zero attached hydrogens (tertiary/aromatic N) is 1. The number of ether oxygens (including phenoxy) is 1. The number of rotatable bonds is 7. The summed E-state index contributed by atoms with van der Waals surface area (Å²) in [5.74, 6) is -0.167. The number of carboxylic acid groups (broad SMARTS) is 1. The van der Waals surface area contributed by atoms with Gasteiger partial charge in [0.2, 0.25) is 0 Å². The van der Waals surface area contributed by atoms with E-state index in [1.807, 2.05) is 36.4 Å². The van der Waals surface area contributed by atoms with E-state index in [0.29, 0.717) is 22.2 Å². The minimum atomic E-state index is -1.03. The van der Waals surface area contributed by atoms with Crippen LogP contribution in [0.2, 0.25) is 0 Å². The molecular formula is C28H30N2O4S. The minimum absolute atomic E-state index is 0.145. The van der Waals surface area contributed by atoms with Crippen molar-refractivity contribution in [2.45, 2.75) is 40.0 Å². The van der Waals surface area contributed by atoms with Gasteiger partial charge in [0.1, 0.15) is 10.8 Å². The predicted molar refractivity (Wildman–Crippen MR) is 141 cm³/mol. The molecule has 4 rings (SSSR count). The van der Waals surface area contributed by atoms with Crippen molar-refractivity contribution in [3.8, 4) is 5.75 Å². The molecule has 0 saturated heterocycles. The van der Waals surface area contributed by atoms with Gasteiger partial charge in [0.05, 0.1) is 5.56 Å². The van der Waals surface area contributed by atoms with Crippen LogP contribution in [0.4, 0.5) is 10.7 Å². The quantitative estimate of drug-likeness (QED) is 0.377. The lowest BCUT2D eigenvalue weighted by molar-refractivity contribution is -0.139. The molecular weight excluding hydrogens is 460 g/mol. The molecule has 1 aliphatic rings. The van der Waals surface area contributed by atoms with Crippen molar-refractivity contribution in [2.75, 3.05) is 11.9 Å². The Hall–Kier alpha value is -3.45. The maximum atomic E-state index is 13.4. The van der Waals surface area contributed by atoms with Crippen molar-refractivity contribution in [1.82, 2.24) is 0 Å². The predicted octanol–water partition coefficient (Wildman–Crippen LogP) is 6.37.